The Labute approximate surface area is 137 Å². The van der Waals surface area contributed by atoms with Gasteiger partial charge in [0.1, 0.15) is 0 Å². The van der Waals surface area contributed by atoms with Crippen molar-refractivity contribution < 1.29 is 9.59 Å². The normalized spacial score (nSPS) is 16.7. The molecule has 1 aliphatic heterocycles. The summed E-state index contributed by atoms with van der Waals surface area (Å²) >= 11 is 0. The first kappa shape index (κ1) is 17.3. The van der Waals surface area contributed by atoms with Crippen LogP contribution in [0, 0.1) is 6.92 Å². The van der Waals surface area contributed by atoms with Crippen LogP contribution in [-0.4, -0.2) is 55.6 Å². The number of nitrogens with one attached hydrogen (secondary N) is 2. The molecule has 0 spiro atoms. The molecule has 3 amide bonds. The molecular weight excluding hydrogens is 292 g/mol. The first-order chi connectivity index (χ1) is 11.0. The van der Waals surface area contributed by atoms with Gasteiger partial charge in [-0.05, 0) is 32.4 Å². The van der Waals surface area contributed by atoms with E-state index in [9.17, 15) is 9.59 Å². The molecule has 6 heteroatoms. The fraction of sp³-hybridized carbons (Fsp3) is 0.529. The van der Waals surface area contributed by atoms with E-state index >= 15 is 0 Å². The monoisotopic (exact) mass is 318 g/mol. The van der Waals surface area contributed by atoms with E-state index in [1.54, 1.807) is 0 Å². The van der Waals surface area contributed by atoms with Gasteiger partial charge in [0.25, 0.3) is 0 Å². The van der Waals surface area contributed by atoms with E-state index in [0.717, 1.165) is 26.2 Å². The standard InChI is InChI=1S/C17H26N4O2/c1-4-18-17(23)19-16(22)14(3)20-9-11-21(12-10-20)15-8-6-5-7-13(15)2/h5-8,14H,4,9-12H2,1-3H3,(H2,18,19,22,23)/t14-/m0/s1. The minimum Gasteiger partial charge on any atom is -0.369 e. The van der Waals surface area contributed by atoms with Gasteiger partial charge >= 0.3 is 6.03 Å². The second kappa shape index (κ2) is 7.97. The number of aryl methyl sites for hydroxylation is 1. The summed E-state index contributed by atoms with van der Waals surface area (Å²) in [5.74, 6) is -0.250. The Bertz CT molecular complexity index is 553. The van der Waals surface area contributed by atoms with Crippen molar-refractivity contribution in [2.75, 3.05) is 37.6 Å². The van der Waals surface area contributed by atoms with Gasteiger partial charge < -0.3 is 10.2 Å². The Morgan fingerprint density at radius 1 is 1.17 bits per heavy atom. The van der Waals surface area contributed by atoms with Crippen LogP contribution < -0.4 is 15.5 Å². The Kier molecular flexibility index (Phi) is 5.98. The van der Waals surface area contributed by atoms with Crippen molar-refractivity contribution in [2.24, 2.45) is 0 Å². The van der Waals surface area contributed by atoms with Gasteiger partial charge in [0, 0.05) is 38.4 Å². The summed E-state index contributed by atoms with van der Waals surface area (Å²) in [7, 11) is 0. The van der Waals surface area contributed by atoms with Crippen molar-refractivity contribution in [3.8, 4) is 0 Å². The van der Waals surface area contributed by atoms with Crippen molar-refractivity contribution in [1.82, 2.24) is 15.5 Å². The highest BCUT2D eigenvalue weighted by atomic mass is 16.2. The summed E-state index contributed by atoms with van der Waals surface area (Å²) in [6.45, 7) is 9.65. The third-order valence-corrected chi connectivity index (χ3v) is 4.27. The predicted molar refractivity (Wildman–Crippen MR) is 91.6 cm³/mol. The van der Waals surface area contributed by atoms with Gasteiger partial charge in [-0.2, -0.15) is 0 Å². The van der Waals surface area contributed by atoms with Crippen LogP contribution in [0.15, 0.2) is 24.3 Å². The van der Waals surface area contributed by atoms with Crippen LogP contribution in [0.25, 0.3) is 0 Å². The second-order valence-electron chi connectivity index (χ2n) is 5.83. The molecule has 23 heavy (non-hydrogen) atoms. The summed E-state index contributed by atoms with van der Waals surface area (Å²) in [6, 6.07) is 7.61. The van der Waals surface area contributed by atoms with E-state index in [2.05, 4.69) is 45.6 Å². The Hall–Kier alpha value is -2.08. The van der Waals surface area contributed by atoms with Gasteiger partial charge in [-0.3, -0.25) is 15.0 Å². The van der Waals surface area contributed by atoms with Gasteiger partial charge in [-0.15, -0.1) is 0 Å². The molecule has 1 aliphatic rings. The van der Waals surface area contributed by atoms with Crippen LogP contribution in [0.4, 0.5) is 10.5 Å². The third-order valence-electron chi connectivity index (χ3n) is 4.27. The zero-order chi connectivity index (χ0) is 16.8. The maximum Gasteiger partial charge on any atom is 0.321 e. The number of piperazine rings is 1. The minimum atomic E-state index is -0.428. The fourth-order valence-electron chi connectivity index (χ4n) is 2.86. The second-order valence-corrected chi connectivity index (χ2v) is 5.83. The molecule has 1 heterocycles. The number of para-hydroxylation sites is 1. The minimum absolute atomic E-state index is 0.250. The number of hydrogen-bond acceptors (Lipinski definition) is 4. The average molecular weight is 318 g/mol. The summed E-state index contributed by atoms with van der Waals surface area (Å²) in [6.07, 6.45) is 0. The molecule has 1 atom stereocenters. The molecule has 0 saturated carbocycles. The van der Waals surface area contributed by atoms with E-state index in [-0.39, 0.29) is 11.9 Å². The van der Waals surface area contributed by atoms with Crippen molar-refractivity contribution in [2.45, 2.75) is 26.8 Å². The number of carbonyl (C=O) groups excluding carboxylic acids is 2. The van der Waals surface area contributed by atoms with Gasteiger partial charge in [-0.25, -0.2) is 4.79 Å². The first-order valence-corrected chi connectivity index (χ1v) is 8.16. The van der Waals surface area contributed by atoms with Crippen molar-refractivity contribution in [3.05, 3.63) is 29.8 Å². The quantitative estimate of drug-likeness (QED) is 0.880. The van der Waals surface area contributed by atoms with Gasteiger partial charge in [0.15, 0.2) is 0 Å². The molecular formula is C17H26N4O2. The molecule has 1 saturated heterocycles. The average Bonchev–Trinajstić information content (AvgIpc) is 2.55. The summed E-state index contributed by atoms with van der Waals surface area (Å²) in [5, 5.41) is 4.96. The Balaban J connectivity index is 1.87. The number of anilines is 1. The largest absolute Gasteiger partial charge is 0.369 e. The maximum atomic E-state index is 12.1. The molecule has 0 unspecified atom stereocenters. The fourth-order valence-corrected chi connectivity index (χ4v) is 2.86. The van der Waals surface area contributed by atoms with Crippen LogP contribution in [0.1, 0.15) is 19.4 Å². The molecule has 2 N–H and O–H groups in total. The zero-order valence-corrected chi connectivity index (χ0v) is 14.1. The number of hydrogen-bond donors (Lipinski definition) is 2. The number of nitrogens with zero attached hydrogens (tertiary/aromatic N) is 2. The highest BCUT2D eigenvalue weighted by Gasteiger charge is 2.26. The lowest BCUT2D eigenvalue weighted by Gasteiger charge is -2.39. The third kappa shape index (κ3) is 4.45. The predicted octanol–water partition coefficient (Wildman–Crippen LogP) is 1.35. The van der Waals surface area contributed by atoms with Gasteiger partial charge in [0.05, 0.1) is 6.04 Å². The lowest BCUT2D eigenvalue weighted by molar-refractivity contribution is -0.124. The number of carbonyl (C=O) groups is 2. The molecule has 1 aromatic carbocycles. The maximum absolute atomic E-state index is 12.1. The zero-order valence-electron chi connectivity index (χ0n) is 14.1. The van der Waals surface area contributed by atoms with E-state index in [4.69, 9.17) is 0 Å². The van der Waals surface area contributed by atoms with Crippen LogP contribution in [-0.2, 0) is 4.79 Å². The molecule has 0 bridgehead atoms. The smallest absolute Gasteiger partial charge is 0.321 e. The summed E-state index contributed by atoms with van der Waals surface area (Å²) in [4.78, 5) is 28.0. The first-order valence-electron chi connectivity index (χ1n) is 8.16. The van der Waals surface area contributed by atoms with E-state index in [1.807, 2.05) is 19.9 Å². The number of rotatable bonds is 4. The number of amides is 3. The van der Waals surface area contributed by atoms with E-state index < -0.39 is 6.03 Å². The van der Waals surface area contributed by atoms with Gasteiger partial charge in [0.2, 0.25) is 5.91 Å². The lowest BCUT2D eigenvalue weighted by atomic mass is 10.1. The summed E-state index contributed by atoms with van der Waals surface area (Å²) in [5.41, 5.74) is 2.52. The topological polar surface area (TPSA) is 64.7 Å². The van der Waals surface area contributed by atoms with E-state index in [0.29, 0.717) is 6.54 Å². The molecule has 2 rings (SSSR count). The highest BCUT2D eigenvalue weighted by Crippen LogP contribution is 2.21. The van der Waals surface area contributed by atoms with Crippen molar-refractivity contribution in [1.29, 1.82) is 0 Å². The summed E-state index contributed by atoms with van der Waals surface area (Å²) < 4.78 is 0. The van der Waals surface area contributed by atoms with E-state index in [1.165, 1.54) is 11.3 Å². The highest BCUT2D eigenvalue weighted by molar-refractivity contribution is 5.96. The molecule has 1 aromatic rings. The van der Waals surface area contributed by atoms with Crippen molar-refractivity contribution >= 4 is 17.6 Å². The molecule has 0 aliphatic carbocycles. The molecule has 0 aromatic heterocycles. The van der Waals surface area contributed by atoms with Crippen LogP contribution in [0.5, 0.6) is 0 Å². The van der Waals surface area contributed by atoms with Crippen molar-refractivity contribution in [3.63, 3.8) is 0 Å². The molecule has 126 valence electrons. The number of benzene rings is 1. The Morgan fingerprint density at radius 2 is 1.83 bits per heavy atom. The molecule has 0 radical (unpaired) electrons. The van der Waals surface area contributed by atoms with Crippen LogP contribution in [0.2, 0.25) is 0 Å². The molecule has 6 nitrogen and oxygen atoms in total. The van der Waals surface area contributed by atoms with Crippen LogP contribution in [0.3, 0.4) is 0 Å². The number of urea groups is 1. The molecule has 1 fully saturated rings. The van der Waals surface area contributed by atoms with Crippen LogP contribution >= 0.6 is 0 Å². The Morgan fingerprint density at radius 3 is 2.43 bits per heavy atom. The lowest BCUT2D eigenvalue weighted by Crippen LogP contribution is -2.55. The van der Waals surface area contributed by atoms with Gasteiger partial charge in [-0.1, -0.05) is 18.2 Å². The SMILES string of the molecule is CCNC(=O)NC(=O)[C@H](C)N1CCN(c2ccccc2C)CC1. The number of imide groups is 1.